The predicted molar refractivity (Wildman–Crippen MR) is 74.5 cm³/mol. The lowest BCUT2D eigenvalue weighted by Crippen LogP contribution is -2.50. The van der Waals surface area contributed by atoms with E-state index in [1.807, 2.05) is 4.90 Å². The molecule has 102 valence electrons. The number of hydrogen-bond acceptors (Lipinski definition) is 3. The van der Waals surface area contributed by atoms with Crippen molar-refractivity contribution >= 4 is 11.6 Å². The van der Waals surface area contributed by atoms with Crippen molar-refractivity contribution < 1.29 is 9.53 Å². The van der Waals surface area contributed by atoms with Crippen LogP contribution in [-0.2, 0) is 16.0 Å². The SMILES string of the molecule is Cc1ccc2c(c1)CCCN2C(=O)C1CNCCO1. The highest BCUT2D eigenvalue weighted by atomic mass is 16.5. The average molecular weight is 260 g/mol. The Morgan fingerprint density at radius 2 is 2.37 bits per heavy atom. The minimum absolute atomic E-state index is 0.0944. The molecule has 3 rings (SSSR count). The lowest BCUT2D eigenvalue weighted by atomic mass is 9.99. The molecule has 19 heavy (non-hydrogen) atoms. The highest BCUT2D eigenvalue weighted by molar-refractivity contribution is 5.97. The fourth-order valence-corrected chi connectivity index (χ4v) is 2.85. The first-order chi connectivity index (χ1) is 9.25. The summed E-state index contributed by atoms with van der Waals surface area (Å²) in [5, 5.41) is 3.22. The number of hydrogen-bond donors (Lipinski definition) is 1. The van der Waals surface area contributed by atoms with Gasteiger partial charge in [-0.2, -0.15) is 0 Å². The van der Waals surface area contributed by atoms with E-state index in [2.05, 4.69) is 30.4 Å². The number of morpholine rings is 1. The highest BCUT2D eigenvalue weighted by Gasteiger charge is 2.30. The van der Waals surface area contributed by atoms with Crippen LogP contribution in [0.4, 0.5) is 5.69 Å². The maximum atomic E-state index is 12.6. The summed E-state index contributed by atoms with van der Waals surface area (Å²) in [6.07, 6.45) is 1.76. The summed E-state index contributed by atoms with van der Waals surface area (Å²) in [6.45, 7) is 4.96. The van der Waals surface area contributed by atoms with Gasteiger partial charge in [-0.1, -0.05) is 17.7 Å². The summed E-state index contributed by atoms with van der Waals surface area (Å²) >= 11 is 0. The molecular weight excluding hydrogens is 240 g/mol. The summed E-state index contributed by atoms with van der Waals surface area (Å²) in [5.74, 6) is 0.0944. The summed E-state index contributed by atoms with van der Waals surface area (Å²) in [4.78, 5) is 14.5. The smallest absolute Gasteiger partial charge is 0.257 e. The number of rotatable bonds is 1. The molecule has 4 nitrogen and oxygen atoms in total. The molecule has 0 radical (unpaired) electrons. The number of carbonyl (C=O) groups excluding carboxylic acids is 1. The molecule has 0 saturated carbocycles. The normalized spacial score (nSPS) is 23.0. The molecule has 2 aliphatic heterocycles. The van der Waals surface area contributed by atoms with Crippen LogP contribution in [0.5, 0.6) is 0 Å². The maximum Gasteiger partial charge on any atom is 0.257 e. The summed E-state index contributed by atoms with van der Waals surface area (Å²) in [6, 6.07) is 6.33. The van der Waals surface area contributed by atoms with Crippen LogP contribution in [0.1, 0.15) is 17.5 Å². The molecule has 0 aromatic heterocycles. The van der Waals surface area contributed by atoms with Crippen molar-refractivity contribution in [2.24, 2.45) is 0 Å². The molecule has 2 aliphatic rings. The molecule has 0 bridgehead atoms. The molecule has 2 heterocycles. The molecular formula is C15H20N2O2. The molecule has 1 amide bonds. The average Bonchev–Trinajstić information content (AvgIpc) is 2.46. The Hall–Kier alpha value is -1.39. The third kappa shape index (κ3) is 2.51. The Kier molecular flexibility index (Phi) is 3.53. The molecule has 1 fully saturated rings. The summed E-state index contributed by atoms with van der Waals surface area (Å²) < 4.78 is 5.58. The molecule has 0 aliphatic carbocycles. The van der Waals surface area contributed by atoms with Gasteiger partial charge in [0.2, 0.25) is 0 Å². The van der Waals surface area contributed by atoms with E-state index in [4.69, 9.17) is 4.74 Å². The molecule has 0 spiro atoms. The van der Waals surface area contributed by atoms with Crippen LogP contribution in [0.15, 0.2) is 18.2 Å². The van der Waals surface area contributed by atoms with Crippen LogP contribution >= 0.6 is 0 Å². The minimum Gasteiger partial charge on any atom is -0.366 e. The molecule has 4 heteroatoms. The topological polar surface area (TPSA) is 41.6 Å². The van der Waals surface area contributed by atoms with E-state index in [9.17, 15) is 4.79 Å². The number of nitrogens with one attached hydrogen (secondary N) is 1. The van der Waals surface area contributed by atoms with E-state index in [-0.39, 0.29) is 12.0 Å². The van der Waals surface area contributed by atoms with Crippen LogP contribution in [0, 0.1) is 6.92 Å². The Morgan fingerprint density at radius 3 is 3.16 bits per heavy atom. The second kappa shape index (κ2) is 5.31. The number of fused-ring (bicyclic) bond motifs is 1. The first kappa shape index (κ1) is 12.6. The number of aryl methyl sites for hydroxylation is 2. The van der Waals surface area contributed by atoms with Gasteiger partial charge in [0.1, 0.15) is 6.10 Å². The number of amides is 1. The van der Waals surface area contributed by atoms with E-state index < -0.39 is 0 Å². The van der Waals surface area contributed by atoms with Gasteiger partial charge in [-0.3, -0.25) is 4.79 Å². The van der Waals surface area contributed by atoms with Gasteiger partial charge in [0, 0.05) is 25.3 Å². The quantitative estimate of drug-likeness (QED) is 0.826. The Bertz CT molecular complexity index is 481. The molecule has 1 aromatic rings. The van der Waals surface area contributed by atoms with Gasteiger partial charge in [-0.25, -0.2) is 0 Å². The third-order valence-corrected chi connectivity index (χ3v) is 3.82. The second-order valence-corrected chi connectivity index (χ2v) is 5.29. The van der Waals surface area contributed by atoms with Gasteiger partial charge in [0.15, 0.2) is 0 Å². The largest absolute Gasteiger partial charge is 0.366 e. The van der Waals surface area contributed by atoms with Gasteiger partial charge < -0.3 is 15.0 Å². The minimum atomic E-state index is -0.332. The molecule has 1 unspecified atom stereocenters. The summed E-state index contributed by atoms with van der Waals surface area (Å²) in [7, 11) is 0. The van der Waals surface area contributed by atoms with Crippen LogP contribution < -0.4 is 10.2 Å². The standard InChI is InChI=1S/C15H20N2O2/c1-11-4-5-13-12(9-11)3-2-7-17(13)15(18)14-10-16-6-8-19-14/h4-5,9,14,16H,2-3,6-8,10H2,1H3. The molecule has 1 saturated heterocycles. The van der Waals surface area contributed by atoms with Crippen molar-refractivity contribution in [2.45, 2.75) is 25.9 Å². The number of ether oxygens (including phenoxy) is 1. The van der Waals surface area contributed by atoms with Crippen molar-refractivity contribution in [3.63, 3.8) is 0 Å². The predicted octanol–water partition coefficient (Wildman–Crippen LogP) is 1.26. The van der Waals surface area contributed by atoms with E-state index in [0.717, 1.165) is 31.6 Å². The van der Waals surface area contributed by atoms with Crippen LogP contribution in [0.2, 0.25) is 0 Å². The Morgan fingerprint density at radius 1 is 1.47 bits per heavy atom. The van der Waals surface area contributed by atoms with E-state index in [1.54, 1.807) is 0 Å². The van der Waals surface area contributed by atoms with Gasteiger partial charge >= 0.3 is 0 Å². The van der Waals surface area contributed by atoms with Gasteiger partial charge in [0.05, 0.1) is 6.61 Å². The van der Waals surface area contributed by atoms with Crippen molar-refractivity contribution in [1.82, 2.24) is 5.32 Å². The number of benzene rings is 1. The van der Waals surface area contributed by atoms with Gasteiger partial charge in [-0.15, -0.1) is 0 Å². The molecule has 1 aromatic carbocycles. The van der Waals surface area contributed by atoms with E-state index in [1.165, 1.54) is 11.1 Å². The van der Waals surface area contributed by atoms with Crippen LogP contribution in [-0.4, -0.2) is 38.3 Å². The van der Waals surface area contributed by atoms with Crippen molar-refractivity contribution in [3.8, 4) is 0 Å². The molecule has 1 N–H and O–H groups in total. The van der Waals surface area contributed by atoms with Crippen LogP contribution in [0.25, 0.3) is 0 Å². The first-order valence-electron chi connectivity index (χ1n) is 6.99. The van der Waals surface area contributed by atoms with Crippen molar-refractivity contribution in [2.75, 3.05) is 31.1 Å². The summed E-state index contributed by atoms with van der Waals surface area (Å²) in [5.41, 5.74) is 3.60. The van der Waals surface area contributed by atoms with E-state index >= 15 is 0 Å². The number of anilines is 1. The fourth-order valence-electron chi connectivity index (χ4n) is 2.85. The van der Waals surface area contributed by atoms with Crippen molar-refractivity contribution in [1.29, 1.82) is 0 Å². The van der Waals surface area contributed by atoms with Crippen molar-refractivity contribution in [3.05, 3.63) is 29.3 Å². The number of carbonyl (C=O) groups is 1. The Balaban J connectivity index is 1.84. The zero-order chi connectivity index (χ0) is 13.2. The second-order valence-electron chi connectivity index (χ2n) is 5.29. The maximum absolute atomic E-state index is 12.6. The van der Waals surface area contributed by atoms with Crippen LogP contribution in [0.3, 0.4) is 0 Å². The lowest BCUT2D eigenvalue weighted by Gasteiger charge is -2.33. The first-order valence-corrected chi connectivity index (χ1v) is 6.99. The Labute approximate surface area is 113 Å². The third-order valence-electron chi connectivity index (χ3n) is 3.82. The zero-order valence-corrected chi connectivity index (χ0v) is 11.3. The lowest BCUT2D eigenvalue weighted by molar-refractivity contribution is -0.131. The van der Waals surface area contributed by atoms with Gasteiger partial charge in [0.25, 0.3) is 5.91 Å². The molecule has 1 atom stereocenters. The number of nitrogens with zero attached hydrogens (tertiary/aromatic N) is 1. The fraction of sp³-hybridized carbons (Fsp3) is 0.533. The highest BCUT2D eigenvalue weighted by Crippen LogP contribution is 2.28. The van der Waals surface area contributed by atoms with Gasteiger partial charge in [-0.05, 0) is 31.4 Å². The zero-order valence-electron chi connectivity index (χ0n) is 11.3. The monoisotopic (exact) mass is 260 g/mol. The van der Waals surface area contributed by atoms with E-state index in [0.29, 0.717) is 13.2 Å².